The smallest absolute Gasteiger partial charge is 0.254 e. The van der Waals surface area contributed by atoms with Crippen LogP contribution >= 0.6 is 23.4 Å². The Labute approximate surface area is 260 Å². The maximum Gasteiger partial charge on any atom is 0.254 e. The summed E-state index contributed by atoms with van der Waals surface area (Å²) in [6.07, 6.45) is 0.758. The van der Waals surface area contributed by atoms with Crippen LogP contribution in [-0.4, -0.2) is 69.6 Å². The predicted molar refractivity (Wildman–Crippen MR) is 169 cm³/mol. The Balaban J connectivity index is 1.22. The van der Waals surface area contributed by atoms with Crippen LogP contribution in [0, 0.1) is 5.82 Å². The number of aromatic nitrogens is 2. The van der Waals surface area contributed by atoms with Gasteiger partial charge in [0.25, 0.3) is 5.91 Å². The summed E-state index contributed by atoms with van der Waals surface area (Å²) in [5.41, 5.74) is 2.58. The van der Waals surface area contributed by atoms with Crippen molar-refractivity contribution in [2.45, 2.75) is 31.1 Å². The SMILES string of the molecule is CC1CN(c2cc(Cl)nc(SCC(=O)N(CCc3ccccc3)Cc3ccccc3)n2)CCN1C(=O)c1cccc(F)c1. The van der Waals surface area contributed by atoms with Crippen molar-refractivity contribution in [1.82, 2.24) is 19.8 Å². The molecule has 5 rings (SSSR count). The number of nitrogens with zero attached hydrogens (tertiary/aromatic N) is 5. The Morgan fingerprint density at radius 1 is 0.953 bits per heavy atom. The highest BCUT2D eigenvalue weighted by Crippen LogP contribution is 2.25. The van der Waals surface area contributed by atoms with Crippen molar-refractivity contribution in [2.75, 3.05) is 36.8 Å². The van der Waals surface area contributed by atoms with Gasteiger partial charge < -0.3 is 14.7 Å². The first-order valence-corrected chi connectivity index (χ1v) is 15.6. The van der Waals surface area contributed by atoms with Crippen molar-refractivity contribution in [3.8, 4) is 0 Å². The fraction of sp³-hybridized carbons (Fsp3) is 0.273. The zero-order valence-electron chi connectivity index (χ0n) is 23.9. The number of hydrogen-bond donors (Lipinski definition) is 0. The lowest BCUT2D eigenvalue weighted by Crippen LogP contribution is -2.54. The van der Waals surface area contributed by atoms with E-state index in [9.17, 15) is 14.0 Å². The molecular formula is C33H33ClFN5O2S. The molecule has 3 aromatic carbocycles. The minimum Gasteiger partial charge on any atom is -0.353 e. The summed E-state index contributed by atoms with van der Waals surface area (Å²) >= 11 is 7.66. The average molecular weight is 618 g/mol. The van der Waals surface area contributed by atoms with Crippen LogP contribution in [-0.2, 0) is 17.8 Å². The van der Waals surface area contributed by atoms with Gasteiger partial charge in [0.05, 0.1) is 5.75 Å². The van der Waals surface area contributed by atoms with Crippen LogP contribution in [0.4, 0.5) is 10.2 Å². The number of halogens is 2. The quantitative estimate of drug-likeness (QED) is 0.124. The molecule has 7 nitrogen and oxygen atoms in total. The van der Waals surface area contributed by atoms with E-state index in [2.05, 4.69) is 22.0 Å². The molecule has 1 aromatic heterocycles. The van der Waals surface area contributed by atoms with Crippen LogP contribution < -0.4 is 4.90 Å². The molecule has 2 amide bonds. The van der Waals surface area contributed by atoms with E-state index >= 15 is 0 Å². The third-order valence-corrected chi connectivity index (χ3v) is 8.38. The van der Waals surface area contributed by atoms with E-state index in [-0.39, 0.29) is 28.8 Å². The highest BCUT2D eigenvalue weighted by atomic mass is 35.5. The molecule has 1 atom stereocenters. The van der Waals surface area contributed by atoms with Crippen molar-refractivity contribution in [3.05, 3.63) is 119 Å². The van der Waals surface area contributed by atoms with Crippen LogP contribution in [0.3, 0.4) is 0 Å². The van der Waals surface area contributed by atoms with Gasteiger partial charge in [-0.15, -0.1) is 0 Å². The van der Waals surface area contributed by atoms with Gasteiger partial charge in [0.1, 0.15) is 16.8 Å². The minimum absolute atomic E-state index is 0.00647. The third kappa shape index (κ3) is 8.33. The molecule has 0 radical (unpaired) electrons. The molecule has 4 aromatic rings. The predicted octanol–water partition coefficient (Wildman–Crippen LogP) is 5.98. The molecule has 43 heavy (non-hydrogen) atoms. The van der Waals surface area contributed by atoms with Gasteiger partial charge in [-0.1, -0.05) is 90.1 Å². The summed E-state index contributed by atoms with van der Waals surface area (Å²) < 4.78 is 13.7. The molecule has 1 saturated heterocycles. The van der Waals surface area contributed by atoms with Gasteiger partial charge in [0.15, 0.2) is 5.16 Å². The van der Waals surface area contributed by atoms with Gasteiger partial charge >= 0.3 is 0 Å². The van der Waals surface area contributed by atoms with Crippen molar-refractivity contribution < 1.29 is 14.0 Å². The van der Waals surface area contributed by atoms with Crippen LogP contribution in [0.1, 0.15) is 28.4 Å². The van der Waals surface area contributed by atoms with Crippen molar-refractivity contribution >= 4 is 41.0 Å². The number of rotatable bonds is 10. The molecule has 0 aliphatic carbocycles. The summed E-state index contributed by atoms with van der Waals surface area (Å²) in [7, 11) is 0. The third-order valence-electron chi connectivity index (χ3n) is 7.35. The van der Waals surface area contributed by atoms with Crippen LogP contribution in [0.2, 0.25) is 5.15 Å². The summed E-state index contributed by atoms with van der Waals surface area (Å²) in [6.45, 7) is 4.59. The average Bonchev–Trinajstić information content (AvgIpc) is 3.02. The van der Waals surface area contributed by atoms with Crippen molar-refractivity contribution in [2.24, 2.45) is 0 Å². The largest absolute Gasteiger partial charge is 0.353 e. The second kappa shape index (κ2) is 14.5. The molecule has 2 heterocycles. The van der Waals surface area contributed by atoms with Crippen LogP contribution in [0.25, 0.3) is 0 Å². The lowest BCUT2D eigenvalue weighted by molar-refractivity contribution is -0.128. The number of benzene rings is 3. The summed E-state index contributed by atoms with van der Waals surface area (Å²) in [6, 6.07) is 27.4. The van der Waals surface area contributed by atoms with Crippen molar-refractivity contribution in [1.29, 1.82) is 0 Å². The maximum absolute atomic E-state index is 13.7. The highest BCUT2D eigenvalue weighted by molar-refractivity contribution is 7.99. The molecule has 222 valence electrons. The van der Waals surface area contributed by atoms with E-state index in [4.69, 9.17) is 16.6 Å². The first-order valence-electron chi connectivity index (χ1n) is 14.2. The molecule has 1 unspecified atom stereocenters. The number of piperazine rings is 1. The van der Waals surface area contributed by atoms with E-state index in [1.165, 1.54) is 29.5 Å². The number of carbonyl (C=O) groups is 2. The molecular weight excluding hydrogens is 585 g/mol. The fourth-order valence-electron chi connectivity index (χ4n) is 5.09. The Morgan fingerprint density at radius 3 is 2.37 bits per heavy atom. The minimum atomic E-state index is -0.435. The van der Waals surface area contributed by atoms with Gasteiger partial charge in [-0.05, 0) is 42.7 Å². The maximum atomic E-state index is 13.7. The summed E-state index contributed by atoms with van der Waals surface area (Å²) in [5.74, 6) is 0.177. The second-order valence-corrected chi connectivity index (χ2v) is 11.8. The molecule has 0 bridgehead atoms. The Kier molecular flexibility index (Phi) is 10.3. The van der Waals surface area contributed by atoms with Crippen LogP contribution in [0.15, 0.2) is 96.2 Å². The summed E-state index contributed by atoms with van der Waals surface area (Å²) in [5, 5.41) is 0.709. The van der Waals surface area contributed by atoms with Gasteiger partial charge in [0, 0.05) is 50.4 Å². The molecule has 10 heteroatoms. The number of carbonyl (C=O) groups excluding carboxylic acids is 2. The van der Waals surface area contributed by atoms with E-state index in [1.54, 1.807) is 23.1 Å². The molecule has 0 spiro atoms. The van der Waals surface area contributed by atoms with E-state index in [0.717, 1.165) is 12.0 Å². The number of thioether (sulfide) groups is 1. The Bertz CT molecular complexity index is 1550. The first-order chi connectivity index (χ1) is 20.9. The molecule has 1 fully saturated rings. The lowest BCUT2D eigenvalue weighted by Gasteiger charge is -2.40. The zero-order chi connectivity index (χ0) is 30.2. The topological polar surface area (TPSA) is 69.6 Å². The van der Waals surface area contributed by atoms with E-state index in [1.807, 2.05) is 60.4 Å². The molecule has 0 N–H and O–H groups in total. The molecule has 0 saturated carbocycles. The number of hydrogen-bond acceptors (Lipinski definition) is 6. The van der Waals surface area contributed by atoms with Gasteiger partial charge in [-0.25, -0.2) is 14.4 Å². The normalized spacial score (nSPS) is 14.9. The van der Waals surface area contributed by atoms with Crippen molar-refractivity contribution in [3.63, 3.8) is 0 Å². The fourth-order valence-corrected chi connectivity index (χ4v) is 6.07. The van der Waals surface area contributed by atoms with Crippen LogP contribution in [0.5, 0.6) is 0 Å². The molecule has 1 aliphatic rings. The lowest BCUT2D eigenvalue weighted by atomic mass is 10.1. The zero-order valence-corrected chi connectivity index (χ0v) is 25.5. The number of amides is 2. The van der Waals surface area contributed by atoms with E-state index < -0.39 is 5.82 Å². The van der Waals surface area contributed by atoms with Gasteiger partial charge in [-0.2, -0.15) is 0 Å². The summed E-state index contributed by atoms with van der Waals surface area (Å²) in [4.78, 5) is 41.2. The standard InChI is InChI=1S/C33H33ClFN5O2S/c1-24-21-38(17-18-40(24)32(42)27-13-8-14-28(35)19-27)30-20-29(34)36-33(37-30)43-23-31(41)39(22-26-11-6-3-7-12-26)16-15-25-9-4-2-5-10-25/h2-14,19-20,24H,15-18,21-23H2,1H3. The monoisotopic (exact) mass is 617 g/mol. The first kappa shape index (κ1) is 30.5. The van der Waals surface area contributed by atoms with Gasteiger partial charge in [-0.3, -0.25) is 9.59 Å². The Hall–Kier alpha value is -3.95. The molecule has 1 aliphatic heterocycles. The highest BCUT2D eigenvalue weighted by Gasteiger charge is 2.29. The van der Waals surface area contributed by atoms with Gasteiger partial charge in [0.2, 0.25) is 5.91 Å². The number of anilines is 1. The Morgan fingerprint density at radius 2 is 1.67 bits per heavy atom. The second-order valence-electron chi connectivity index (χ2n) is 10.5. The van der Waals surface area contributed by atoms with E-state index in [0.29, 0.717) is 49.3 Å².